The van der Waals surface area contributed by atoms with Gasteiger partial charge in [-0.15, -0.1) is 0 Å². The first-order chi connectivity index (χ1) is 11.9. The van der Waals surface area contributed by atoms with Crippen molar-refractivity contribution in [1.29, 1.82) is 0 Å². The third-order valence-corrected chi connectivity index (χ3v) is 5.24. The predicted molar refractivity (Wildman–Crippen MR) is 90.1 cm³/mol. The smallest absolute Gasteiger partial charge is 0.341 e. The van der Waals surface area contributed by atoms with Crippen molar-refractivity contribution in [2.24, 2.45) is 0 Å². The number of pyridine rings is 1. The number of likely N-dealkylation sites (tertiary alicyclic amines) is 1. The minimum absolute atomic E-state index is 0.0182. The van der Waals surface area contributed by atoms with Crippen molar-refractivity contribution in [3.8, 4) is 0 Å². The number of carbonyl (C=O) groups is 1. The number of rotatable bonds is 4. The van der Waals surface area contributed by atoms with Crippen LogP contribution in [0.3, 0.4) is 0 Å². The van der Waals surface area contributed by atoms with Gasteiger partial charge in [-0.05, 0) is 30.5 Å². The van der Waals surface area contributed by atoms with Crippen LogP contribution in [0.15, 0.2) is 53.7 Å². The van der Waals surface area contributed by atoms with Crippen molar-refractivity contribution in [3.05, 3.63) is 59.8 Å². The van der Waals surface area contributed by atoms with Gasteiger partial charge in [0, 0.05) is 19.3 Å². The number of hydrogen-bond acceptors (Lipinski definition) is 3. The summed E-state index contributed by atoms with van der Waals surface area (Å²) < 4.78 is 38.0. The second-order valence-corrected chi connectivity index (χ2v) is 6.95. The molecule has 0 spiro atoms. The number of alkyl halides is 3. The molecule has 0 N–H and O–H groups in total. The molecule has 3 nitrogen and oxygen atoms in total. The van der Waals surface area contributed by atoms with Gasteiger partial charge in [0.25, 0.3) is 0 Å². The van der Waals surface area contributed by atoms with Crippen molar-refractivity contribution in [2.45, 2.75) is 29.3 Å². The molecular formula is C18H17F3N2OS. The quantitative estimate of drug-likeness (QED) is 0.744. The van der Waals surface area contributed by atoms with Crippen LogP contribution in [0.4, 0.5) is 13.2 Å². The first-order valence-corrected chi connectivity index (χ1v) is 8.87. The SMILES string of the molecule is O=C(C(Sc1ccc(C(F)(F)F)cn1)c1ccccc1)N1CCCC1. The zero-order valence-electron chi connectivity index (χ0n) is 13.4. The van der Waals surface area contributed by atoms with E-state index in [-0.39, 0.29) is 5.91 Å². The molecular weight excluding hydrogens is 349 g/mol. The second-order valence-electron chi connectivity index (χ2n) is 5.82. The summed E-state index contributed by atoms with van der Waals surface area (Å²) in [5.41, 5.74) is 0.0325. The summed E-state index contributed by atoms with van der Waals surface area (Å²) in [4.78, 5) is 18.6. The fraction of sp³-hybridized carbons (Fsp3) is 0.333. The number of thioether (sulfide) groups is 1. The molecule has 3 rings (SSSR count). The van der Waals surface area contributed by atoms with Crippen molar-refractivity contribution in [1.82, 2.24) is 9.88 Å². The number of halogens is 3. The normalized spacial score (nSPS) is 16.0. The Morgan fingerprint density at radius 3 is 2.32 bits per heavy atom. The Bertz CT molecular complexity index is 713. The molecule has 0 saturated carbocycles. The molecule has 1 amide bonds. The van der Waals surface area contributed by atoms with Gasteiger partial charge in [0.1, 0.15) is 5.25 Å². The van der Waals surface area contributed by atoms with E-state index in [1.165, 1.54) is 17.8 Å². The Labute approximate surface area is 148 Å². The summed E-state index contributed by atoms with van der Waals surface area (Å²) >= 11 is 1.19. The monoisotopic (exact) mass is 366 g/mol. The highest BCUT2D eigenvalue weighted by Crippen LogP contribution is 2.37. The molecule has 1 unspecified atom stereocenters. The lowest BCUT2D eigenvalue weighted by Crippen LogP contribution is -2.31. The Balaban J connectivity index is 1.83. The Morgan fingerprint density at radius 1 is 1.08 bits per heavy atom. The molecule has 2 aromatic rings. The summed E-state index contributed by atoms with van der Waals surface area (Å²) in [7, 11) is 0. The lowest BCUT2D eigenvalue weighted by Gasteiger charge is -2.23. The Kier molecular flexibility index (Phi) is 5.32. The number of nitrogens with zero attached hydrogens (tertiary/aromatic N) is 2. The topological polar surface area (TPSA) is 33.2 Å². The number of aromatic nitrogens is 1. The van der Waals surface area contributed by atoms with E-state index >= 15 is 0 Å². The molecule has 2 heterocycles. The van der Waals surface area contributed by atoms with Crippen molar-refractivity contribution in [2.75, 3.05) is 13.1 Å². The van der Waals surface area contributed by atoms with E-state index in [4.69, 9.17) is 0 Å². The van der Waals surface area contributed by atoms with E-state index < -0.39 is 17.0 Å². The summed E-state index contributed by atoms with van der Waals surface area (Å²) in [5.74, 6) is -0.0182. The number of benzene rings is 1. The highest BCUT2D eigenvalue weighted by atomic mass is 32.2. The van der Waals surface area contributed by atoms with Gasteiger partial charge in [-0.2, -0.15) is 13.2 Å². The van der Waals surface area contributed by atoms with Crippen molar-refractivity contribution >= 4 is 17.7 Å². The second kappa shape index (κ2) is 7.47. The van der Waals surface area contributed by atoms with E-state index in [0.29, 0.717) is 5.03 Å². The van der Waals surface area contributed by atoms with Crippen molar-refractivity contribution < 1.29 is 18.0 Å². The fourth-order valence-electron chi connectivity index (χ4n) is 2.73. The van der Waals surface area contributed by atoms with Gasteiger partial charge in [-0.25, -0.2) is 4.98 Å². The third kappa shape index (κ3) is 4.34. The average Bonchev–Trinajstić information content (AvgIpc) is 3.14. The minimum Gasteiger partial charge on any atom is -0.341 e. The van der Waals surface area contributed by atoms with Crippen LogP contribution in [0.25, 0.3) is 0 Å². The van der Waals surface area contributed by atoms with E-state index in [0.717, 1.165) is 43.8 Å². The van der Waals surface area contributed by atoms with Gasteiger partial charge in [0.05, 0.1) is 10.6 Å². The van der Waals surface area contributed by atoms with E-state index in [9.17, 15) is 18.0 Å². The average molecular weight is 366 g/mol. The first kappa shape index (κ1) is 17.8. The molecule has 1 aromatic heterocycles. The molecule has 1 aliphatic rings. The Hall–Kier alpha value is -2.02. The van der Waals surface area contributed by atoms with Crippen LogP contribution in [-0.4, -0.2) is 28.9 Å². The highest BCUT2D eigenvalue weighted by Gasteiger charge is 2.32. The zero-order chi connectivity index (χ0) is 17.9. The van der Waals surface area contributed by atoms with Gasteiger partial charge in [0.15, 0.2) is 0 Å². The molecule has 25 heavy (non-hydrogen) atoms. The lowest BCUT2D eigenvalue weighted by atomic mass is 10.1. The van der Waals surface area contributed by atoms with Crippen LogP contribution in [0, 0.1) is 0 Å². The van der Waals surface area contributed by atoms with Crippen LogP contribution < -0.4 is 0 Å². The number of carbonyl (C=O) groups excluding carboxylic acids is 1. The molecule has 1 aromatic carbocycles. The molecule has 0 aliphatic carbocycles. The first-order valence-electron chi connectivity index (χ1n) is 7.99. The number of amides is 1. The molecule has 1 aliphatic heterocycles. The van der Waals surface area contributed by atoms with E-state index in [1.54, 1.807) is 0 Å². The van der Waals surface area contributed by atoms with Gasteiger partial charge >= 0.3 is 6.18 Å². The molecule has 7 heteroatoms. The fourth-order valence-corrected chi connectivity index (χ4v) is 3.78. The van der Waals surface area contributed by atoms with Crippen LogP contribution in [0.2, 0.25) is 0 Å². The van der Waals surface area contributed by atoms with E-state index in [2.05, 4.69) is 4.98 Å². The summed E-state index contributed by atoms with van der Waals surface area (Å²) in [5, 5.41) is -0.113. The van der Waals surface area contributed by atoms with Gasteiger partial charge in [-0.1, -0.05) is 42.1 Å². The maximum absolute atomic E-state index is 12.9. The zero-order valence-corrected chi connectivity index (χ0v) is 14.2. The molecule has 1 saturated heterocycles. The minimum atomic E-state index is -4.42. The molecule has 0 bridgehead atoms. The highest BCUT2D eigenvalue weighted by molar-refractivity contribution is 8.00. The maximum atomic E-state index is 12.9. The largest absolute Gasteiger partial charge is 0.417 e. The van der Waals surface area contributed by atoms with Crippen molar-refractivity contribution in [3.63, 3.8) is 0 Å². The number of hydrogen-bond donors (Lipinski definition) is 0. The molecule has 132 valence electrons. The summed E-state index contributed by atoms with van der Waals surface area (Å²) in [6.07, 6.45) is -1.64. The van der Waals surface area contributed by atoms with Crippen LogP contribution >= 0.6 is 11.8 Å². The molecule has 0 radical (unpaired) electrons. The predicted octanol–water partition coefficient (Wildman–Crippen LogP) is 4.56. The van der Waals surface area contributed by atoms with E-state index in [1.807, 2.05) is 35.2 Å². The lowest BCUT2D eigenvalue weighted by molar-refractivity contribution is -0.138. The standard InChI is InChI=1S/C18H17F3N2OS/c19-18(20,21)14-8-9-15(22-12-14)25-16(13-6-2-1-3-7-13)17(24)23-10-4-5-11-23/h1-3,6-9,12,16H,4-5,10-11H2. The van der Waals surface area contributed by atoms with Gasteiger partial charge in [-0.3, -0.25) is 4.79 Å². The van der Waals surface area contributed by atoms with Crippen LogP contribution in [0.5, 0.6) is 0 Å². The van der Waals surface area contributed by atoms with Gasteiger partial charge < -0.3 is 4.90 Å². The third-order valence-electron chi connectivity index (χ3n) is 4.05. The van der Waals surface area contributed by atoms with Gasteiger partial charge in [0.2, 0.25) is 5.91 Å². The van der Waals surface area contributed by atoms with Crippen LogP contribution in [0.1, 0.15) is 29.2 Å². The maximum Gasteiger partial charge on any atom is 0.417 e. The molecule has 1 fully saturated rings. The molecule has 1 atom stereocenters. The summed E-state index contributed by atoms with van der Waals surface area (Å²) in [6.45, 7) is 1.45. The summed E-state index contributed by atoms with van der Waals surface area (Å²) in [6, 6.07) is 11.6. The van der Waals surface area contributed by atoms with Crippen LogP contribution in [-0.2, 0) is 11.0 Å². The Morgan fingerprint density at radius 2 is 1.76 bits per heavy atom.